The second-order valence-corrected chi connectivity index (χ2v) is 10.7. The second kappa shape index (κ2) is 9.60. The first kappa shape index (κ1) is 21.0. The predicted molar refractivity (Wildman–Crippen MR) is 120 cm³/mol. The second-order valence-electron chi connectivity index (χ2n) is 4.73. The van der Waals surface area contributed by atoms with Crippen molar-refractivity contribution in [2.24, 2.45) is 0 Å². The first-order valence-electron chi connectivity index (χ1n) is 7.17. The third-order valence-electron chi connectivity index (χ3n) is 3.10. The zero-order valence-electron chi connectivity index (χ0n) is 13.0. The minimum Gasteiger partial charge on any atom is -0.289 e. The molecule has 1 nitrogen and oxygen atoms in total. The molecule has 2 aromatic rings. The third kappa shape index (κ3) is 4.92. The van der Waals surface area contributed by atoms with Gasteiger partial charge in [0, 0.05) is 38.8 Å². The first-order chi connectivity index (χ1) is 11.4. The van der Waals surface area contributed by atoms with E-state index in [1.807, 2.05) is 24.3 Å². The summed E-state index contributed by atoms with van der Waals surface area (Å²) >= 11 is 17.8. The lowest BCUT2D eigenvalue weighted by molar-refractivity contribution is 0.103. The molecular formula is C17H14Br4OS2. The van der Waals surface area contributed by atoms with E-state index in [2.05, 4.69) is 77.6 Å². The molecule has 0 fully saturated rings. The van der Waals surface area contributed by atoms with Gasteiger partial charge in [0.25, 0.3) is 0 Å². The van der Waals surface area contributed by atoms with Crippen molar-refractivity contribution >= 4 is 93.0 Å². The van der Waals surface area contributed by atoms with Crippen molar-refractivity contribution in [1.82, 2.24) is 0 Å². The third-order valence-corrected chi connectivity index (χ3v) is 8.68. The fourth-order valence-electron chi connectivity index (χ4n) is 2.11. The van der Waals surface area contributed by atoms with Gasteiger partial charge in [0.1, 0.15) is 0 Å². The smallest absolute Gasteiger partial charge is 0.193 e. The highest BCUT2D eigenvalue weighted by molar-refractivity contribution is 9.11. The van der Waals surface area contributed by atoms with E-state index in [1.54, 1.807) is 23.5 Å². The van der Waals surface area contributed by atoms with Crippen LogP contribution >= 0.6 is 87.2 Å². The summed E-state index contributed by atoms with van der Waals surface area (Å²) in [5.74, 6) is 1.95. The molecule has 128 valence electrons. The van der Waals surface area contributed by atoms with Crippen LogP contribution in [0.4, 0.5) is 0 Å². The number of carbonyl (C=O) groups excluding carboxylic acids is 1. The molecule has 0 aliphatic rings. The molecule has 0 aromatic heterocycles. The zero-order chi connectivity index (χ0) is 17.9. The standard InChI is InChI=1S/C17H14Br4OS2/c1-3-23-16-11(18)5-9(6-12(16)19)15(22)10-7-13(20)17(24-4-2)14(21)8-10/h5-8H,3-4H2,1-2H3. The summed E-state index contributed by atoms with van der Waals surface area (Å²) in [4.78, 5) is 15.1. The van der Waals surface area contributed by atoms with Crippen LogP contribution in [0, 0.1) is 0 Å². The summed E-state index contributed by atoms with van der Waals surface area (Å²) in [5, 5.41) is 0. The average Bonchev–Trinajstić information content (AvgIpc) is 2.53. The number of hydrogen-bond acceptors (Lipinski definition) is 3. The van der Waals surface area contributed by atoms with Crippen LogP contribution < -0.4 is 0 Å². The number of thioether (sulfide) groups is 2. The Morgan fingerprint density at radius 2 is 1.04 bits per heavy atom. The van der Waals surface area contributed by atoms with Crippen LogP contribution in [-0.4, -0.2) is 17.3 Å². The SMILES string of the molecule is CCSc1c(Br)cc(C(=O)c2cc(Br)c(SCC)c(Br)c2)cc1Br. The molecule has 0 saturated carbocycles. The number of halogens is 4. The van der Waals surface area contributed by atoms with Crippen molar-refractivity contribution in [1.29, 1.82) is 0 Å². The van der Waals surface area contributed by atoms with Gasteiger partial charge in [-0.05, 0) is 99.5 Å². The largest absolute Gasteiger partial charge is 0.289 e. The van der Waals surface area contributed by atoms with E-state index in [-0.39, 0.29) is 5.78 Å². The van der Waals surface area contributed by atoms with Gasteiger partial charge in [-0.15, -0.1) is 23.5 Å². The van der Waals surface area contributed by atoms with Gasteiger partial charge in [-0.25, -0.2) is 0 Å². The van der Waals surface area contributed by atoms with Gasteiger partial charge in [0.15, 0.2) is 5.78 Å². The van der Waals surface area contributed by atoms with Crippen LogP contribution in [0.2, 0.25) is 0 Å². The molecule has 2 aromatic carbocycles. The fourth-order valence-corrected chi connectivity index (χ4v) is 7.22. The van der Waals surface area contributed by atoms with Crippen molar-refractivity contribution in [2.45, 2.75) is 23.6 Å². The number of benzene rings is 2. The van der Waals surface area contributed by atoms with Crippen LogP contribution in [-0.2, 0) is 0 Å². The summed E-state index contributed by atoms with van der Waals surface area (Å²) < 4.78 is 3.73. The van der Waals surface area contributed by atoms with Gasteiger partial charge in [0.2, 0.25) is 0 Å². The molecule has 0 radical (unpaired) electrons. The Kier molecular flexibility index (Phi) is 8.42. The van der Waals surface area contributed by atoms with Gasteiger partial charge >= 0.3 is 0 Å². The average molecular weight is 618 g/mol. The van der Waals surface area contributed by atoms with E-state index in [4.69, 9.17) is 0 Å². The molecule has 0 saturated heterocycles. The number of carbonyl (C=O) groups is 1. The molecule has 0 amide bonds. The van der Waals surface area contributed by atoms with Crippen LogP contribution in [0.15, 0.2) is 51.9 Å². The van der Waals surface area contributed by atoms with Crippen LogP contribution in [0.1, 0.15) is 29.8 Å². The monoisotopic (exact) mass is 614 g/mol. The predicted octanol–water partition coefficient (Wildman–Crippen LogP) is 8.19. The summed E-state index contributed by atoms with van der Waals surface area (Å²) in [7, 11) is 0. The van der Waals surface area contributed by atoms with E-state index in [0.29, 0.717) is 11.1 Å². The maximum absolute atomic E-state index is 12.9. The highest BCUT2D eigenvalue weighted by Gasteiger charge is 2.17. The number of ketones is 1. The molecule has 0 bridgehead atoms. The van der Waals surface area contributed by atoms with Crippen LogP contribution in [0.3, 0.4) is 0 Å². The van der Waals surface area contributed by atoms with Crippen LogP contribution in [0.25, 0.3) is 0 Å². The summed E-state index contributed by atoms with van der Waals surface area (Å²) in [6, 6.07) is 7.56. The molecular weight excluding hydrogens is 604 g/mol. The fraction of sp³-hybridized carbons (Fsp3) is 0.235. The Labute approximate surface area is 184 Å². The number of rotatable bonds is 6. The number of hydrogen-bond donors (Lipinski definition) is 0. The Hall–Kier alpha value is 0.730. The van der Waals surface area contributed by atoms with Gasteiger partial charge < -0.3 is 0 Å². The molecule has 24 heavy (non-hydrogen) atoms. The molecule has 0 N–H and O–H groups in total. The van der Waals surface area contributed by atoms with Crippen LogP contribution in [0.5, 0.6) is 0 Å². The van der Waals surface area contributed by atoms with Crippen molar-refractivity contribution in [3.8, 4) is 0 Å². The molecule has 7 heteroatoms. The van der Waals surface area contributed by atoms with E-state index < -0.39 is 0 Å². The Morgan fingerprint density at radius 1 is 0.750 bits per heavy atom. The molecule has 0 heterocycles. The maximum Gasteiger partial charge on any atom is 0.193 e. The minimum absolute atomic E-state index is 0.00102. The van der Waals surface area contributed by atoms with Crippen molar-refractivity contribution in [3.05, 3.63) is 53.3 Å². The van der Waals surface area contributed by atoms with Crippen molar-refractivity contribution in [3.63, 3.8) is 0 Å². The summed E-state index contributed by atoms with van der Waals surface area (Å²) in [5.41, 5.74) is 1.31. The van der Waals surface area contributed by atoms with E-state index >= 15 is 0 Å². The van der Waals surface area contributed by atoms with Gasteiger partial charge in [-0.2, -0.15) is 0 Å². The highest BCUT2D eigenvalue weighted by atomic mass is 79.9. The topological polar surface area (TPSA) is 17.1 Å². The van der Waals surface area contributed by atoms with Crippen molar-refractivity contribution < 1.29 is 4.79 Å². The van der Waals surface area contributed by atoms with Crippen molar-refractivity contribution in [2.75, 3.05) is 11.5 Å². The Bertz CT molecular complexity index is 668. The molecule has 0 aliphatic heterocycles. The Morgan fingerprint density at radius 3 is 1.29 bits per heavy atom. The van der Waals surface area contributed by atoms with Gasteiger partial charge in [-0.3, -0.25) is 4.79 Å². The summed E-state index contributed by atoms with van der Waals surface area (Å²) in [6.45, 7) is 4.21. The molecule has 0 atom stereocenters. The zero-order valence-corrected chi connectivity index (χ0v) is 20.9. The van der Waals surface area contributed by atoms with E-state index in [0.717, 1.165) is 39.2 Å². The quantitative estimate of drug-likeness (QED) is 0.240. The lowest BCUT2D eigenvalue weighted by atomic mass is 10.0. The molecule has 0 aliphatic carbocycles. The normalized spacial score (nSPS) is 10.9. The first-order valence-corrected chi connectivity index (χ1v) is 12.3. The highest BCUT2D eigenvalue weighted by Crippen LogP contribution is 2.38. The van der Waals surface area contributed by atoms with Gasteiger partial charge in [-0.1, -0.05) is 13.8 Å². The lowest BCUT2D eigenvalue weighted by Crippen LogP contribution is -2.03. The van der Waals surface area contributed by atoms with Gasteiger partial charge in [0.05, 0.1) is 0 Å². The lowest BCUT2D eigenvalue weighted by Gasteiger charge is -2.11. The van der Waals surface area contributed by atoms with E-state index in [1.165, 1.54) is 0 Å². The molecule has 0 unspecified atom stereocenters. The summed E-state index contributed by atoms with van der Waals surface area (Å²) in [6.07, 6.45) is 0. The Balaban J connectivity index is 2.42. The molecule has 2 rings (SSSR count). The van der Waals surface area contributed by atoms with E-state index in [9.17, 15) is 4.79 Å². The maximum atomic E-state index is 12.9. The minimum atomic E-state index is -0.00102. The molecule has 0 spiro atoms.